The fourth-order valence-corrected chi connectivity index (χ4v) is 5.95. The fraction of sp³-hybridized carbons (Fsp3) is 0.500. The zero-order valence-electron chi connectivity index (χ0n) is 21.3. The first-order valence-electron chi connectivity index (χ1n) is 11.9. The van der Waals surface area contributed by atoms with Crippen molar-refractivity contribution in [1.29, 1.82) is 0 Å². The van der Waals surface area contributed by atoms with E-state index in [1.807, 2.05) is 31.4 Å². The van der Waals surface area contributed by atoms with Gasteiger partial charge in [-0.25, -0.2) is 9.55 Å². The van der Waals surface area contributed by atoms with Gasteiger partial charge in [-0.2, -0.15) is 9.97 Å². The number of imidazole rings is 1. The third-order valence-electron chi connectivity index (χ3n) is 5.81. The van der Waals surface area contributed by atoms with Crippen molar-refractivity contribution in [2.45, 2.75) is 39.7 Å². The fourth-order valence-electron chi connectivity index (χ4n) is 3.78. The molecule has 1 fully saturated rings. The predicted molar refractivity (Wildman–Crippen MR) is 142 cm³/mol. The van der Waals surface area contributed by atoms with Crippen molar-refractivity contribution in [3.8, 4) is 11.6 Å². The number of ether oxygens (including phenoxy) is 1. The molecule has 0 bridgehead atoms. The van der Waals surface area contributed by atoms with Gasteiger partial charge in [-0.1, -0.05) is 50.7 Å². The molecule has 13 heteroatoms. The van der Waals surface area contributed by atoms with Gasteiger partial charge < -0.3 is 19.6 Å². The first kappa shape index (κ1) is 27.4. The second-order valence-electron chi connectivity index (χ2n) is 9.77. The minimum absolute atomic E-state index is 0.0352. The first-order valence-corrected chi connectivity index (χ1v) is 14.4. The number of phosphoric ester groups is 1. The molecule has 1 aliphatic rings. The minimum Gasteiger partial charge on any atom is -0.479 e. The van der Waals surface area contributed by atoms with Crippen LogP contribution in [0.2, 0.25) is 0 Å². The van der Waals surface area contributed by atoms with Gasteiger partial charge in [-0.15, -0.1) is 0 Å². The summed E-state index contributed by atoms with van der Waals surface area (Å²) < 4.78 is 37.6. The van der Waals surface area contributed by atoms with Gasteiger partial charge in [-0.3, -0.25) is 13.8 Å². The van der Waals surface area contributed by atoms with Crippen molar-refractivity contribution in [2.24, 2.45) is 11.3 Å². The third kappa shape index (κ3) is 6.81. The number of methoxy groups -OCH3 is 1. The van der Waals surface area contributed by atoms with Gasteiger partial charge in [0.25, 0.3) is 0 Å². The lowest BCUT2D eigenvalue weighted by Gasteiger charge is -2.36. The molecule has 0 amide bonds. The van der Waals surface area contributed by atoms with Crippen LogP contribution >= 0.6 is 19.6 Å². The number of nitrogens with zero attached hydrogens (tertiary/aromatic N) is 4. The highest BCUT2D eigenvalue weighted by Crippen LogP contribution is 2.51. The van der Waals surface area contributed by atoms with Crippen molar-refractivity contribution < 1.29 is 27.7 Å². The normalized spacial score (nSPS) is 19.2. The van der Waals surface area contributed by atoms with Crippen LogP contribution in [0.3, 0.4) is 0 Å². The second kappa shape index (κ2) is 11.4. The Morgan fingerprint density at radius 1 is 1.19 bits per heavy atom. The van der Waals surface area contributed by atoms with Gasteiger partial charge in [-0.05, 0) is 30.9 Å². The van der Waals surface area contributed by atoms with Crippen LogP contribution in [0.15, 0.2) is 36.7 Å². The maximum absolute atomic E-state index is 13.4. The van der Waals surface area contributed by atoms with Crippen LogP contribution in [0.5, 0.6) is 11.6 Å². The van der Waals surface area contributed by atoms with E-state index in [4.69, 9.17) is 24.0 Å². The molecule has 0 saturated heterocycles. The predicted octanol–water partition coefficient (Wildman–Crippen LogP) is 4.89. The molecule has 2 N–H and O–H groups in total. The van der Waals surface area contributed by atoms with E-state index in [9.17, 15) is 9.36 Å². The molecule has 0 radical (unpaired) electrons. The quantitative estimate of drug-likeness (QED) is 0.258. The molecule has 11 nitrogen and oxygen atoms in total. The zero-order valence-corrected chi connectivity index (χ0v) is 23.0. The number of nitrogen functional groups attached to an aromatic ring is 1. The second-order valence-corrected chi connectivity index (χ2v) is 12.4. The summed E-state index contributed by atoms with van der Waals surface area (Å²) in [4.78, 5) is 24.9. The summed E-state index contributed by atoms with van der Waals surface area (Å²) in [5, 5.41) is 0.0352. The van der Waals surface area contributed by atoms with E-state index >= 15 is 0 Å². The van der Waals surface area contributed by atoms with Crippen molar-refractivity contribution in [2.75, 3.05) is 31.8 Å². The Morgan fingerprint density at radius 3 is 2.59 bits per heavy atom. The lowest BCUT2D eigenvalue weighted by molar-refractivity contribution is -0.117. The Balaban J connectivity index is 1.35. The van der Waals surface area contributed by atoms with E-state index in [1.54, 1.807) is 30.6 Å². The minimum atomic E-state index is -3.91. The van der Waals surface area contributed by atoms with Crippen LogP contribution in [0, 0.1) is 11.3 Å². The van der Waals surface area contributed by atoms with Gasteiger partial charge in [0.05, 0.1) is 26.7 Å². The molecule has 1 aromatic carbocycles. The average molecular weight is 550 g/mol. The highest BCUT2D eigenvalue weighted by molar-refractivity contribution is 8.13. The summed E-state index contributed by atoms with van der Waals surface area (Å²) in [6, 6.07) is 8.87. The maximum atomic E-state index is 13.4. The first-order chi connectivity index (χ1) is 17.6. The van der Waals surface area contributed by atoms with E-state index in [2.05, 4.69) is 15.0 Å². The number of carbonyl (C=O) groups is 1. The van der Waals surface area contributed by atoms with Crippen molar-refractivity contribution in [1.82, 2.24) is 19.5 Å². The van der Waals surface area contributed by atoms with Crippen molar-refractivity contribution >= 4 is 41.8 Å². The Labute approximate surface area is 220 Å². The Bertz CT molecular complexity index is 1280. The third-order valence-corrected chi connectivity index (χ3v) is 8.46. The Morgan fingerprint density at radius 2 is 1.92 bits per heavy atom. The molecular formula is C24H32N5O6PS. The largest absolute Gasteiger partial charge is 0.530 e. The van der Waals surface area contributed by atoms with E-state index in [-0.39, 0.29) is 36.2 Å². The van der Waals surface area contributed by atoms with Crippen LogP contribution in [0.4, 0.5) is 5.95 Å². The monoisotopic (exact) mass is 549 g/mol. The molecule has 2 aromatic heterocycles. The number of benzene rings is 1. The molecule has 4 rings (SSSR count). The number of rotatable bonds is 11. The number of thioether (sulfide) groups is 1. The van der Waals surface area contributed by atoms with Crippen LogP contribution < -0.4 is 15.0 Å². The number of carbonyl (C=O) groups excluding carboxylic acids is 1. The number of aromatic nitrogens is 4. The average Bonchev–Trinajstić information content (AvgIpc) is 3.23. The van der Waals surface area contributed by atoms with Gasteiger partial charge in [0.15, 0.2) is 16.3 Å². The smallest absolute Gasteiger partial charge is 0.479 e. The van der Waals surface area contributed by atoms with Crippen LogP contribution in [0.1, 0.15) is 39.7 Å². The maximum Gasteiger partial charge on any atom is 0.530 e. The molecule has 3 aromatic rings. The lowest BCUT2D eigenvalue weighted by atomic mass is 9.81. The molecule has 1 saturated carbocycles. The Hall–Kier alpha value is -2.66. The Kier molecular flexibility index (Phi) is 8.42. The highest BCUT2D eigenvalue weighted by atomic mass is 32.2. The van der Waals surface area contributed by atoms with Gasteiger partial charge in [0.1, 0.15) is 5.75 Å². The summed E-state index contributed by atoms with van der Waals surface area (Å²) >= 11 is 1.14. The topological polar surface area (TPSA) is 141 Å². The molecule has 1 atom stereocenters. The number of anilines is 1. The molecular weight excluding hydrogens is 517 g/mol. The summed E-state index contributed by atoms with van der Waals surface area (Å²) in [7, 11) is -2.40. The zero-order chi connectivity index (χ0) is 26.6. The molecule has 0 aliphatic heterocycles. The van der Waals surface area contributed by atoms with Gasteiger partial charge in [0.2, 0.25) is 11.8 Å². The van der Waals surface area contributed by atoms with E-state index in [0.717, 1.165) is 24.6 Å². The van der Waals surface area contributed by atoms with Crippen molar-refractivity contribution in [3.63, 3.8) is 0 Å². The van der Waals surface area contributed by atoms with E-state index in [0.29, 0.717) is 28.5 Å². The number of nitrogens with two attached hydrogens (primary N) is 1. The van der Waals surface area contributed by atoms with Crippen LogP contribution in [-0.2, 0) is 18.4 Å². The van der Waals surface area contributed by atoms with Gasteiger partial charge >= 0.3 is 7.82 Å². The number of hydrogen-bond donors (Lipinski definition) is 1. The van der Waals surface area contributed by atoms with E-state index < -0.39 is 13.2 Å². The molecule has 1 aliphatic carbocycles. The molecule has 0 spiro atoms. The summed E-state index contributed by atoms with van der Waals surface area (Å²) in [6.45, 7) is 5.81. The number of phosphoric acid groups is 1. The summed E-state index contributed by atoms with van der Waals surface area (Å²) in [5.74, 6) is 1.31. The van der Waals surface area contributed by atoms with Crippen LogP contribution in [-0.4, -0.2) is 50.7 Å². The molecule has 200 valence electrons. The molecule has 37 heavy (non-hydrogen) atoms. The number of para-hydroxylation sites is 1. The SMILES string of the molecule is COc1nc(N)nc2c1ncn2C1CC(COP(=O)(OCCSC(=O)C(C)(C)C)Oc2ccccc2)C1. The summed E-state index contributed by atoms with van der Waals surface area (Å²) in [6.07, 6.45) is 3.23. The standard InChI is InChI=1S/C24H32N5O6PS/c1-24(2,3)22(30)37-11-10-33-36(31,35-18-8-6-5-7-9-18)34-14-16-12-17(13-16)29-15-26-19-20(29)27-23(25)28-21(19)32-4/h5-9,15-17H,10-14H2,1-4H3,(H2,25,27,28). The highest BCUT2D eigenvalue weighted by Gasteiger charge is 2.36. The summed E-state index contributed by atoms with van der Waals surface area (Å²) in [5.41, 5.74) is 6.51. The molecule has 1 unspecified atom stereocenters. The lowest BCUT2D eigenvalue weighted by Crippen LogP contribution is -2.30. The molecule has 2 heterocycles. The van der Waals surface area contributed by atoms with E-state index in [1.165, 1.54) is 7.11 Å². The van der Waals surface area contributed by atoms with Crippen LogP contribution in [0.25, 0.3) is 11.2 Å². The number of hydrogen-bond acceptors (Lipinski definition) is 11. The van der Waals surface area contributed by atoms with Crippen molar-refractivity contribution in [3.05, 3.63) is 36.7 Å². The number of fused-ring (bicyclic) bond motifs is 1. The van der Waals surface area contributed by atoms with Gasteiger partial charge in [0, 0.05) is 17.2 Å².